The Morgan fingerprint density at radius 2 is 1.93 bits per heavy atom. The third kappa shape index (κ3) is 3.79. The molecule has 1 atom stereocenters. The van der Waals surface area contributed by atoms with E-state index in [1.54, 1.807) is 11.1 Å². The molecule has 27 heavy (non-hydrogen) atoms. The molecule has 136 valence electrons. The average molecular weight is 442 g/mol. The van der Waals surface area contributed by atoms with Gasteiger partial charge in [-0.15, -0.1) is 0 Å². The molecule has 1 aliphatic heterocycles. The molecule has 0 saturated carbocycles. The molecule has 0 fully saturated rings. The Morgan fingerprint density at radius 1 is 1.19 bits per heavy atom. The summed E-state index contributed by atoms with van der Waals surface area (Å²) >= 11 is 4.69. The van der Waals surface area contributed by atoms with Gasteiger partial charge in [-0.2, -0.15) is 0 Å². The second-order valence-corrected chi connectivity index (χ2v) is 8.66. The van der Waals surface area contributed by atoms with E-state index in [4.69, 9.17) is 0 Å². The predicted octanol–water partition coefficient (Wildman–Crippen LogP) is 4.11. The average Bonchev–Trinajstić information content (AvgIpc) is 3.24. The molecule has 1 N–H and O–H groups in total. The van der Waals surface area contributed by atoms with Gasteiger partial charge in [-0.05, 0) is 33.1 Å². The summed E-state index contributed by atoms with van der Waals surface area (Å²) in [6.07, 6.45) is 2.09. The lowest BCUT2D eigenvalue weighted by Crippen LogP contribution is -2.45. The van der Waals surface area contributed by atoms with E-state index < -0.39 is 6.04 Å². The summed E-state index contributed by atoms with van der Waals surface area (Å²) < 4.78 is 0.835. The van der Waals surface area contributed by atoms with Gasteiger partial charge < -0.3 is 10.2 Å². The first kappa shape index (κ1) is 17.9. The number of anilines is 1. The molecule has 0 saturated heterocycles. The van der Waals surface area contributed by atoms with E-state index in [2.05, 4.69) is 26.2 Å². The van der Waals surface area contributed by atoms with E-state index in [0.29, 0.717) is 23.7 Å². The molecule has 0 bridgehead atoms. The second kappa shape index (κ2) is 7.62. The highest BCUT2D eigenvalue weighted by molar-refractivity contribution is 9.11. The van der Waals surface area contributed by atoms with Crippen LogP contribution in [-0.2, 0) is 17.8 Å². The van der Waals surface area contributed by atoms with Crippen LogP contribution in [0.15, 0.2) is 64.6 Å². The van der Waals surface area contributed by atoms with Crippen LogP contribution in [0.5, 0.6) is 0 Å². The Balaban J connectivity index is 1.62. The summed E-state index contributed by atoms with van der Waals surface area (Å²) in [6, 6.07) is 16.6. The third-order valence-electron chi connectivity index (χ3n) is 4.51. The van der Waals surface area contributed by atoms with Gasteiger partial charge in [0.25, 0.3) is 5.91 Å². The standard InChI is InChI=1S/C20H16BrN3O2S/c21-17-11-22-20(27-17)23-18(25)16(10-13-6-2-1-3-7-13)24-12-14-8-4-5-9-15(14)19(24)26/h1-9,11,16H,10,12H2,(H,22,23,25)/t16-/m0/s1. The predicted molar refractivity (Wildman–Crippen MR) is 109 cm³/mol. The van der Waals surface area contributed by atoms with Crippen LogP contribution in [0.25, 0.3) is 0 Å². The number of fused-ring (bicyclic) bond motifs is 1. The molecule has 2 aromatic carbocycles. The Hall–Kier alpha value is -2.51. The number of nitrogens with zero attached hydrogens (tertiary/aromatic N) is 2. The number of carbonyl (C=O) groups is 2. The van der Waals surface area contributed by atoms with Gasteiger partial charge in [0, 0.05) is 18.5 Å². The monoisotopic (exact) mass is 441 g/mol. The van der Waals surface area contributed by atoms with Crippen molar-refractivity contribution < 1.29 is 9.59 Å². The van der Waals surface area contributed by atoms with Crippen LogP contribution in [0.3, 0.4) is 0 Å². The SMILES string of the molecule is O=C(Nc1ncc(Br)s1)[C@H](Cc1ccccc1)N1Cc2ccccc2C1=O. The zero-order chi connectivity index (χ0) is 18.8. The van der Waals surface area contributed by atoms with Gasteiger partial charge in [-0.1, -0.05) is 59.9 Å². The van der Waals surface area contributed by atoms with Crippen molar-refractivity contribution in [3.8, 4) is 0 Å². The molecule has 2 amide bonds. The number of rotatable bonds is 5. The summed E-state index contributed by atoms with van der Waals surface area (Å²) in [6.45, 7) is 0.432. The zero-order valence-corrected chi connectivity index (χ0v) is 16.7. The molecule has 4 rings (SSSR count). The number of hydrogen-bond donors (Lipinski definition) is 1. The second-order valence-electron chi connectivity index (χ2n) is 6.25. The summed E-state index contributed by atoms with van der Waals surface area (Å²) in [5.41, 5.74) is 2.62. The number of carbonyl (C=O) groups excluding carboxylic acids is 2. The normalized spacial score (nSPS) is 14.1. The van der Waals surface area contributed by atoms with Gasteiger partial charge in [0.05, 0.1) is 9.98 Å². The molecule has 7 heteroatoms. The van der Waals surface area contributed by atoms with Crippen molar-refractivity contribution in [2.45, 2.75) is 19.0 Å². The molecule has 1 aliphatic rings. The summed E-state index contributed by atoms with van der Waals surface area (Å²) in [7, 11) is 0. The molecule has 0 spiro atoms. The smallest absolute Gasteiger partial charge is 0.255 e. The van der Waals surface area contributed by atoms with Crippen LogP contribution in [0.2, 0.25) is 0 Å². The summed E-state index contributed by atoms with van der Waals surface area (Å²) in [4.78, 5) is 31.8. The number of halogens is 1. The topological polar surface area (TPSA) is 62.3 Å². The van der Waals surface area contributed by atoms with E-state index in [0.717, 1.165) is 14.9 Å². The lowest BCUT2D eigenvalue weighted by molar-refractivity contribution is -0.120. The van der Waals surface area contributed by atoms with Crippen molar-refractivity contribution >= 4 is 44.2 Å². The Bertz CT molecular complexity index is 990. The fourth-order valence-electron chi connectivity index (χ4n) is 3.21. The summed E-state index contributed by atoms with van der Waals surface area (Å²) in [5, 5.41) is 3.36. The lowest BCUT2D eigenvalue weighted by Gasteiger charge is -2.26. The number of benzene rings is 2. The van der Waals surface area contributed by atoms with E-state index in [-0.39, 0.29) is 11.8 Å². The van der Waals surface area contributed by atoms with Gasteiger partial charge in [-0.3, -0.25) is 9.59 Å². The summed E-state index contributed by atoms with van der Waals surface area (Å²) in [5.74, 6) is -0.344. The van der Waals surface area contributed by atoms with Crippen LogP contribution in [0.4, 0.5) is 5.13 Å². The van der Waals surface area contributed by atoms with Crippen molar-refractivity contribution in [1.29, 1.82) is 0 Å². The molecule has 2 heterocycles. The Labute approximate surface area is 169 Å². The minimum Gasteiger partial charge on any atom is -0.322 e. The molecule has 0 unspecified atom stereocenters. The highest BCUT2D eigenvalue weighted by atomic mass is 79.9. The number of amides is 2. The lowest BCUT2D eigenvalue weighted by atomic mass is 10.0. The van der Waals surface area contributed by atoms with Crippen molar-refractivity contribution in [3.05, 3.63) is 81.3 Å². The number of nitrogens with one attached hydrogen (secondary N) is 1. The van der Waals surface area contributed by atoms with Crippen molar-refractivity contribution in [1.82, 2.24) is 9.88 Å². The maximum atomic E-state index is 13.1. The number of aromatic nitrogens is 1. The maximum Gasteiger partial charge on any atom is 0.255 e. The zero-order valence-electron chi connectivity index (χ0n) is 14.3. The highest BCUT2D eigenvalue weighted by Crippen LogP contribution is 2.28. The molecule has 0 radical (unpaired) electrons. The van der Waals surface area contributed by atoms with Crippen LogP contribution in [0, 0.1) is 0 Å². The molecule has 1 aromatic heterocycles. The number of thiazole rings is 1. The third-order valence-corrected chi connectivity index (χ3v) is 5.90. The fourth-order valence-corrected chi connectivity index (χ4v) is 4.32. The van der Waals surface area contributed by atoms with E-state index in [9.17, 15) is 9.59 Å². The highest BCUT2D eigenvalue weighted by Gasteiger charge is 2.36. The van der Waals surface area contributed by atoms with Crippen LogP contribution < -0.4 is 5.32 Å². The van der Waals surface area contributed by atoms with Crippen LogP contribution >= 0.6 is 27.3 Å². The van der Waals surface area contributed by atoms with Crippen LogP contribution in [-0.4, -0.2) is 27.7 Å². The first-order valence-corrected chi connectivity index (χ1v) is 10.1. The maximum absolute atomic E-state index is 13.1. The van der Waals surface area contributed by atoms with Crippen molar-refractivity contribution in [3.63, 3.8) is 0 Å². The van der Waals surface area contributed by atoms with Gasteiger partial charge in [0.1, 0.15) is 6.04 Å². The van der Waals surface area contributed by atoms with Gasteiger partial charge in [0.15, 0.2) is 5.13 Å². The van der Waals surface area contributed by atoms with Gasteiger partial charge >= 0.3 is 0 Å². The van der Waals surface area contributed by atoms with Gasteiger partial charge in [0.2, 0.25) is 5.91 Å². The van der Waals surface area contributed by atoms with E-state index in [1.807, 2.05) is 54.6 Å². The molecule has 0 aliphatic carbocycles. The number of hydrogen-bond acceptors (Lipinski definition) is 4. The first-order valence-electron chi connectivity index (χ1n) is 8.47. The Kier molecular flexibility index (Phi) is 5.05. The van der Waals surface area contributed by atoms with E-state index in [1.165, 1.54) is 11.3 Å². The van der Waals surface area contributed by atoms with Gasteiger partial charge in [-0.25, -0.2) is 4.98 Å². The van der Waals surface area contributed by atoms with Crippen LogP contribution in [0.1, 0.15) is 21.5 Å². The minimum absolute atomic E-state index is 0.109. The molecule has 3 aromatic rings. The largest absolute Gasteiger partial charge is 0.322 e. The minimum atomic E-state index is -0.616. The van der Waals surface area contributed by atoms with Crippen molar-refractivity contribution in [2.24, 2.45) is 0 Å². The van der Waals surface area contributed by atoms with E-state index >= 15 is 0 Å². The fraction of sp³-hybridized carbons (Fsp3) is 0.150. The molecule has 5 nitrogen and oxygen atoms in total. The first-order chi connectivity index (χ1) is 13.1. The molecular weight excluding hydrogens is 426 g/mol. The molecular formula is C20H16BrN3O2S. The quantitative estimate of drug-likeness (QED) is 0.647. The van der Waals surface area contributed by atoms with Crippen molar-refractivity contribution in [2.75, 3.05) is 5.32 Å². The Morgan fingerprint density at radius 3 is 2.63 bits per heavy atom.